The standard InChI is InChI=1S/C27H42FNO11/c1-27(2,3)40-26(32)29-7-9-34-11-13-36-15-17-38-19-18-37-16-14-35-12-10-33-8-6-25(31)39-24-5-4-22(21-30)20-23(24)28/h4-5,20-21H,6-19H2,1-3H3,(H,29,32). The number of hydrogen-bond donors (Lipinski definition) is 1. The van der Waals surface area contributed by atoms with Gasteiger partial charge in [-0.2, -0.15) is 0 Å². The minimum Gasteiger partial charge on any atom is -0.444 e. The first kappa shape index (κ1) is 35.3. The van der Waals surface area contributed by atoms with E-state index < -0.39 is 23.5 Å². The quantitative estimate of drug-likeness (QED) is 0.0892. The second kappa shape index (κ2) is 22.1. The summed E-state index contributed by atoms with van der Waals surface area (Å²) in [5.74, 6) is -1.66. The predicted octanol–water partition coefficient (Wildman–Crippen LogP) is 2.56. The van der Waals surface area contributed by atoms with Crippen molar-refractivity contribution in [2.24, 2.45) is 0 Å². The second-order valence-corrected chi connectivity index (χ2v) is 9.13. The van der Waals surface area contributed by atoms with Crippen molar-refractivity contribution < 1.29 is 56.7 Å². The molecule has 0 saturated carbocycles. The molecular formula is C27H42FNO11. The van der Waals surface area contributed by atoms with Crippen LogP contribution in [-0.4, -0.2) is 110 Å². The van der Waals surface area contributed by atoms with Gasteiger partial charge < -0.3 is 43.2 Å². The van der Waals surface area contributed by atoms with Crippen molar-refractivity contribution in [3.8, 4) is 5.75 Å². The van der Waals surface area contributed by atoms with Gasteiger partial charge in [0.2, 0.25) is 0 Å². The molecule has 1 rings (SSSR count). The molecule has 0 aromatic heterocycles. The van der Waals surface area contributed by atoms with Gasteiger partial charge in [-0.3, -0.25) is 9.59 Å². The highest BCUT2D eigenvalue weighted by atomic mass is 19.1. The van der Waals surface area contributed by atoms with E-state index in [0.717, 1.165) is 6.07 Å². The van der Waals surface area contributed by atoms with Gasteiger partial charge in [-0.15, -0.1) is 0 Å². The van der Waals surface area contributed by atoms with E-state index in [9.17, 15) is 18.8 Å². The van der Waals surface area contributed by atoms with Crippen molar-refractivity contribution in [3.05, 3.63) is 29.6 Å². The van der Waals surface area contributed by atoms with Crippen molar-refractivity contribution in [1.29, 1.82) is 0 Å². The minimum absolute atomic E-state index is 0.0497. The number of nitrogens with one attached hydrogen (secondary N) is 1. The van der Waals surface area contributed by atoms with Crippen LogP contribution in [0.3, 0.4) is 0 Å². The van der Waals surface area contributed by atoms with Crippen LogP contribution >= 0.6 is 0 Å². The van der Waals surface area contributed by atoms with E-state index in [1.54, 1.807) is 20.8 Å². The molecule has 0 aliphatic heterocycles. The number of ether oxygens (including phenoxy) is 8. The lowest BCUT2D eigenvalue weighted by atomic mass is 10.2. The van der Waals surface area contributed by atoms with Crippen LogP contribution in [0.1, 0.15) is 37.6 Å². The van der Waals surface area contributed by atoms with Crippen molar-refractivity contribution in [1.82, 2.24) is 5.32 Å². The van der Waals surface area contributed by atoms with Gasteiger partial charge in [-0.05, 0) is 39.0 Å². The fourth-order valence-corrected chi connectivity index (χ4v) is 2.74. The Hall–Kier alpha value is -2.68. The van der Waals surface area contributed by atoms with Gasteiger partial charge in [0.25, 0.3) is 0 Å². The molecule has 40 heavy (non-hydrogen) atoms. The van der Waals surface area contributed by atoms with Crippen LogP contribution in [0.2, 0.25) is 0 Å². The molecule has 0 saturated heterocycles. The zero-order chi connectivity index (χ0) is 29.5. The number of aldehydes is 1. The van der Waals surface area contributed by atoms with Crippen LogP contribution in [0.4, 0.5) is 9.18 Å². The third-order valence-electron chi connectivity index (χ3n) is 4.54. The van der Waals surface area contributed by atoms with Crippen LogP contribution in [0.15, 0.2) is 18.2 Å². The Morgan fingerprint density at radius 3 is 1.70 bits per heavy atom. The molecule has 0 aliphatic rings. The molecule has 0 fully saturated rings. The van der Waals surface area contributed by atoms with Crippen LogP contribution in [0.5, 0.6) is 5.75 Å². The first-order chi connectivity index (χ1) is 19.2. The molecule has 0 unspecified atom stereocenters. The lowest BCUT2D eigenvalue weighted by Gasteiger charge is -2.19. The van der Waals surface area contributed by atoms with Gasteiger partial charge in [0.15, 0.2) is 11.6 Å². The van der Waals surface area contributed by atoms with E-state index in [4.69, 9.17) is 37.9 Å². The zero-order valence-electron chi connectivity index (χ0n) is 23.6. The molecule has 0 aliphatic carbocycles. The number of carbonyl (C=O) groups excluding carboxylic acids is 3. The molecule has 1 N–H and O–H groups in total. The van der Waals surface area contributed by atoms with E-state index in [-0.39, 0.29) is 30.9 Å². The molecule has 0 atom stereocenters. The van der Waals surface area contributed by atoms with E-state index in [0.29, 0.717) is 78.9 Å². The smallest absolute Gasteiger partial charge is 0.407 e. The largest absolute Gasteiger partial charge is 0.444 e. The summed E-state index contributed by atoms with van der Waals surface area (Å²) in [6.45, 7) is 10.2. The Bertz CT molecular complexity index is 848. The minimum atomic E-state index is -0.781. The van der Waals surface area contributed by atoms with Crippen LogP contribution in [-0.2, 0) is 38.0 Å². The number of carbonyl (C=O) groups is 3. The highest BCUT2D eigenvalue weighted by Gasteiger charge is 2.15. The Morgan fingerprint density at radius 1 is 0.775 bits per heavy atom. The van der Waals surface area contributed by atoms with Gasteiger partial charge in [0.1, 0.15) is 11.9 Å². The highest BCUT2D eigenvalue weighted by molar-refractivity contribution is 5.76. The third-order valence-corrected chi connectivity index (χ3v) is 4.54. The summed E-state index contributed by atoms with van der Waals surface area (Å²) in [4.78, 5) is 33.8. The first-order valence-electron chi connectivity index (χ1n) is 13.1. The number of hydrogen-bond acceptors (Lipinski definition) is 11. The molecule has 228 valence electrons. The molecule has 0 bridgehead atoms. The second-order valence-electron chi connectivity index (χ2n) is 9.13. The number of amides is 1. The predicted molar refractivity (Wildman–Crippen MR) is 141 cm³/mol. The maximum atomic E-state index is 13.7. The fraction of sp³-hybridized carbons (Fsp3) is 0.667. The highest BCUT2D eigenvalue weighted by Crippen LogP contribution is 2.18. The summed E-state index contributed by atoms with van der Waals surface area (Å²) in [7, 11) is 0. The molecule has 1 aromatic carbocycles. The van der Waals surface area contributed by atoms with Gasteiger partial charge in [0.05, 0.1) is 85.7 Å². The summed E-state index contributed by atoms with van der Waals surface area (Å²) in [5, 5.41) is 2.61. The SMILES string of the molecule is CC(C)(C)OC(=O)NCCOCCOCCOCCOCCOCCOCCC(=O)Oc1ccc(C=O)cc1F. The van der Waals surface area contributed by atoms with Gasteiger partial charge in [-0.1, -0.05) is 0 Å². The maximum absolute atomic E-state index is 13.7. The van der Waals surface area contributed by atoms with Gasteiger partial charge >= 0.3 is 12.1 Å². The van der Waals surface area contributed by atoms with Crippen LogP contribution < -0.4 is 10.1 Å². The lowest BCUT2D eigenvalue weighted by molar-refractivity contribution is -0.135. The molecule has 0 heterocycles. The normalized spacial score (nSPS) is 11.3. The van der Waals surface area contributed by atoms with Crippen molar-refractivity contribution in [3.63, 3.8) is 0 Å². The number of rotatable bonds is 23. The molecule has 0 radical (unpaired) electrons. The van der Waals surface area contributed by atoms with E-state index in [1.165, 1.54) is 12.1 Å². The Balaban J connectivity index is 1.78. The van der Waals surface area contributed by atoms with E-state index >= 15 is 0 Å². The molecule has 1 aromatic rings. The molecule has 13 heteroatoms. The summed E-state index contributed by atoms with van der Waals surface area (Å²) in [6.07, 6.45) is -0.0159. The fourth-order valence-electron chi connectivity index (χ4n) is 2.74. The number of alkyl carbamates (subject to hydrolysis) is 1. The third kappa shape index (κ3) is 20.3. The summed E-state index contributed by atoms with van der Waals surface area (Å²) < 4.78 is 55.9. The first-order valence-corrected chi connectivity index (χ1v) is 13.1. The van der Waals surface area contributed by atoms with Gasteiger partial charge in [0, 0.05) is 12.1 Å². The summed E-state index contributed by atoms with van der Waals surface area (Å²) in [6, 6.07) is 3.58. The monoisotopic (exact) mass is 575 g/mol. The molecule has 1 amide bonds. The number of benzene rings is 1. The Kier molecular flexibility index (Phi) is 19.5. The van der Waals surface area contributed by atoms with Crippen molar-refractivity contribution in [2.75, 3.05) is 85.8 Å². The number of halogens is 1. The van der Waals surface area contributed by atoms with Crippen molar-refractivity contribution >= 4 is 18.3 Å². The van der Waals surface area contributed by atoms with Gasteiger partial charge in [-0.25, -0.2) is 9.18 Å². The Labute approximate surface area is 234 Å². The number of esters is 1. The average Bonchev–Trinajstić information content (AvgIpc) is 2.89. The topological polar surface area (TPSA) is 137 Å². The summed E-state index contributed by atoms with van der Waals surface area (Å²) in [5.41, 5.74) is -0.369. The molecule has 0 spiro atoms. The van der Waals surface area contributed by atoms with Crippen LogP contribution in [0, 0.1) is 5.82 Å². The van der Waals surface area contributed by atoms with E-state index in [1.807, 2.05) is 0 Å². The zero-order valence-corrected chi connectivity index (χ0v) is 23.6. The molecular weight excluding hydrogens is 533 g/mol. The van der Waals surface area contributed by atoms with Crippen LogP contribution in [0.25, 0.3) is 0 Å². The Morgan fingerprint density at radius 2 is 1.25 bits per heavy atom. The van der Waals surface area contributed by atoms with E-state index in [2.05, 4.69) is 5.32 Å². The maximum Gasteiger partial charge on any atom is 0.407 e. The average molecular weight is 576 g/mol. The lowest BCUT2D eigenvalue weighted by Crippen LogP contribution is -2.34. The van der Waals surface area contributed by atoms with Crippen molar-refractivity contribution in [2.45, 2.75) is 32.8 Å². The molecule has 12 nitrogen and oxygen atoms in total. The summed E-state index contributed by atoms with van der Waals surface area (Å²) >= 11 is 0.